The van der Waals surface area contributed by atoms with E-state index in [1.807, 2.05) is 72.7 Å². The zero-order valence-electron chi connectivity index (χ0n) is 20.1. The second-order valence-electron chi connectivity index (χ2n) is 9.91. The van der Waals surface area contributed by atoms with E-state index in [9.17, 15) is 24.4 Å². The maximum absolute atomic E-state index is 10.2. The van der Waals surface area contributed by atoms with Gasteiger partial charge < -0.3 is 39.6 Å². The molecular weight excluding hydrogens is 478 g/mol. The minimum absolute atomic E-state index is 0.375. The molecule has 0 saturated heterocycles. The van der Waals surface area contributed by atoms with Crippen LogP contribution in [0.3, 0.4) is 0 Å². The summed E-state index contributed by atoms with van der Waals surface area (Å²) in [4.78, 5) is 31.0. The fourth-order valence-electron chi connectivity index (χ4n) is 4.54. The molecule has 33 heavy (non-hydrogen) atoms. The summed E-state index contributed by atoms with van der Waals surface area (Å²) in [6, 6.07) is 7.70. The van der Waals surface area contributed by atoms with E-state index in [1.54, 1.807) is 0 Å². The van der Waals surface area contributed by atoms with Crippen LogP contribution in [0.5, 0.6) is 5.75 Å². The lowest BCUT2D eigenvalue weighted by atomic mass is 9.51. The molecule has 0 fully saturated rings. The molecule has 0 aliphatic carbocycles. The topological polar surface area (TPSA) is 194 Å². The highest BCUT2D eigenvalue weighted by Crippen LogP contribution is 2.56. The average Bonchev–Trinajstić information content (AvgIpc) is 2.59. The average molecular weight is 516 g/mol. The van der Waals surface area contributed by atoms with Crippen molar-refractivity contribution in [3.8, 4) is 5.75 Å². The molecule has 13 heteroatoms. The van der Waals surface area contributed by atoms with Crippen LogP contribution in [0.1, 0.15) is 47.1 Å². The molecule has 1 aromatic carbocycles. The highest BCUT2D eigenvalue weighted by atomic mass is 31.3. The van der Waals surface area contributed by atoms with Gasteiger partial charge in [0.05, 0.1) is 25.2 Å². The molecule has 0 spiro atoms. The third-order valence-electron chi connectivity index (χ3n) is 5.27. The number of phosphoric acid groups is 2. The highest BCUT2D eigenvalue weighted by Gasteiger charge is 2.65. The van der Waals surface area contributed by atoms with Gasteiger partial charge >= 0.3 is 15.6 Å². The summed E-state index contributed by atoms with van der Waals surface area (Å²) in [6.07, 6.45) is 0. The third kappa shape index (κ3) is 8.40. The highest BCUT2D eigenvalue weighted by molar-refractivity contribution is 7.60. The first-order chi connectivity index (χ1) is 14.6. The summed E-state index contributed by atoms with van der Waals surface area (Å²) in [5.41, 5.74) is -2.03. The van der Waals surface area contributed by atoms with Gasteiger partial charge in [-0.05, 0) is 19.1 Å². The van der Waals surface area contributed by atoms with Gasteiger partial charge in [-0.2, -0.15) is 4.31 Å². The molecular formula is C20H38O11P2. The van der Waals surface area contributed by atoms with E-state index < -0.39 is 37.5 Å². The van der Waals surface area contributed by atoms with Crippen molar-refractivity contribution in [3.63, 3.8) is 0 Å². The van der Waals surface area contributed by atoms with Crippen LogP contribution in [-0.4, -0.2) is 60.3 Å². The molecule has 11 nitrogen and oxygen atoms in total. The van der Waals surface area contributed by atoms with Crippen LogP contribution >= 0.6 is 15.6 Å². The van der Waals surface area contributed by atoms with Crippen LogP contribution in [0.25, 0.3) is 0 Å². The molecule has 0 amide bonds. The van der Waals surface area contributed by atoms with Gasteiger partial charge in [0.1, 0.15) is 11.4 Å². The number of ether oxygens (including phenoxy) is 1. The number of aryl methyl sites for hydroxylation is 1. The lowest BCUT2D eigenvalue weighted by molar-refractivity contribution is -0.236. The van der Waals surface area contributed by atoms with Crippen molar-refractivity contribution in [3.05, 3.63) is 29.8 Å². The lowest BCUT2D eigenvalue weighted by Gasteiger charge is -2.61. The van der Waals surface area contributed by atoms with Gasteiger partial charge in [-0.1, -0.05) is 59.2 Å². The van der Waals surface area contributed by atoms with Crippen LogP contribution in [0.4, 0.5) is 0 Å². The first-order valence-corrected chi connectivity index (χ1v) is 13.1. The molecule has 0 radical (unpaired) electrons. The Morgan fingerprint density at radius 3 is 1.27 bits per heavy atom. The van der Waals surface area contributed by atoms with Crippen molar-refractivity contribution in [2.75, 3.05) is 19.8 Å². The lowest BCUT2D eigenvalue weighted by Crippen LogP contribution is -2.71. The van der Waals surface area contributed by atoms with Gasteiger partial charge in [0.15, 0.2) is 0 Å². The molecule has 0 saturated carbocycles. The number of hydrogen-bond donors (Lipinski definition) is 7. The van der Waals surface area contributed by atoms with Crippen molar-refractivity contribution in [1.82, 2.24) is 0 Å². The Kier molecular flexibility index (Phi) is 11.0. The van der Waals surface area contributed by atoms with Crippen molar-refractivity contribution in [2.45, 2.75) is 54.1 Å². The number of hydrogen-bond acceptors (Lipinski definition) is 7. The largest absolute Gasteiger partial charge is 0.485 e. The van der Waals surface area contributed by atoms with Crippen molar-refractivity contribution >= 4 is 15.6 Å². The van der Waals surface area contributed by atoms with Gasteiger partial charge in [0.25, 0.3) is 0 Å². The normalized spacial score (nSPS) is 13.9. The van der Waals surface area contributed by atoms with Gasteiger partial charge in [-0.3, -0.25) is 0 Å². The number of aliphatic hydroxyl groups is 3. The van der Waals surface area contributed by atoms with E-state index in [1.165, 1.54) is 0 Å². The molecule has 0 aromatic heterocycles. The maximum atomic E-state index is 10.2. The summed E-state index contributed by atoms with van der Waals surface area (Å²) >= 11 is 0. The van der Waals surface area contributed by atoms with Crippen molar-refractivity contribution in [2.24, 2.45) is 16.2 Å². The number of rotatable bonds is 8. The molecule has 0 unspecified atom stereocenters. The van der Waals surface area contributed by atoms with Gasteiger partial charge in [0.2, 0.25) is 0 Å². The van der Waals surface area contributed by atoms with Crippen LogP contribution in [0, 0.1) is 23.2 Å². The summed E-state index contributed by atoms with van der Waals surface area (Å²) < 4.78 is 28.8. The van der Waals surface area contributed by atoms with E-state index >= 15 is 0 Å². The molecule has 194 valence electrons. The minimum atomic E-state index is -5.05. The molecule has 0 heterocycles. The number of benzene rings is 1. The number of aliphatic hydroxyl groups excluding tert-OH is 3. The maximum Gasteiger partial charge on any atom is 0.478 e. The summed E-state index contributed by atoms with van der Waals surface area (Å²) in [7, 11) is -10.1. The first kappa shape index (κ1) is 32.2. The molecule has 0 aliphatic heterocycles. The van der Waals surface area contributed by atoms with E-state index in [0.29, 0.717) is 5.75 Å². The second kappa shape index (κ2) is 11.3. The fourth-order valence-corrected chi connectivity index (χ4v) is 5.64. The predicted octanol–water partition coefficient (Wildman–Crippen LogP) is 2.36. The Balaban J connectivity index is 0.000000960. The van der Waals surface area contributed by atoms with Crippen LogP contribution < -0.4 is 4.74 Å². The van der Waals surface area contributed by atoms with Crippen LogP contribution in [-0.2, 0) is 13.4 Å². The second-order valence-corrected chi connectivity index (χ2v) is 12.5. The van der Waals surface area contributed by atoms with E-state index in [4.69, 9.17) is 24.3 Å². The van der Waals surface area contributed by atoms with Gasteiger partial charge in [-0.15, -0.1) is 0 Å². The first-order valence-electron chi connectivity index (χ1n) is 10.0. The zero-order valence-corrected chi connectivity index (χ0v) is 21.9. The molecule has 0 aliphatic rings. The Morgan fingerprint density at radius 1 is 0.727 bits per heavy atom. The van der Waals surface area contributed by atoms with Crippen LogP contribution in [0.15, 0.2) is 24.3 Å². The van der Waals surface area contributed by atoms with Crippen LogP contribution in [0.2, 0.25) is 0 Å². The van der Waals surface area contributed by atoms with E-state index in [-0.39, 0.29) is 19.8 Å². The minimum Gasteiger partial charge on any atom is -0.485 e. The predicted molar refractivity (Wildman–Crippen MR) is 122 cm³/mol. The molecule has 0 atom stereocenters. The standard InChI is InChI=1S/C20H34O4.H4O7P2/c1-15-8-10-16(11-9-15)24-20(17(2,3)4,18(5,6)7)19(12-21,13-22)14-23;1-8(2,3)7-9(4,5)6/h8-11,21-23H,12-14H2,1-7H3;(H2,1,2,3)(H2,4,5,6). The molecule has 7 N–H and O–H groups in total. The SMILES string of the molecule is Cc1ccc(OC(C(C)(C)C)(C(C)(C)C)C(CO)(CO)CO)cc1.O=P(O)(O)OP(=O)(O)O. The van der Waals surface area contributed by atoms with Gasteiger partial charge in [0, 0.05) is 10.8 Å². The Hall–Kier alpha value is -0.840. The van der Waals surface area contributed by atoms with Crippen molar-refractivity contribution < 1.29 is 53.1 Å². The quantitative estimate of drug-likeness (QED) is 0.251. The molecule has 1 rings (SSSR count). The summed E-state index contributed by atoms with van der Waals surface area (Å²) in [6.45, 7) is 13.0. The monoisotopic (exact) mass is 516 g/mol. The van der Waals surface area contributed by atoms with E-state index in [0.717, 1.165) is 5.56 Å². The Bertz CT molecular complexity index is 783. The summed E-state index contributed by atoms with van der Waals surface area (Å²) in [5, 5.41) is 30.5. The third-order valence-corrected chi connectivity index (χ3v) is 6.97. The fraction of sp³-hybridized carbons (Fsp3) is 0.700. The summed E-state index contributed by atoms with van der Waals surface area (Å²) in [5.74, 6) is 0.658. The van der Waals surface area contributed by atoms with Crippen molar-refractivity contribution in [1.29, 1.82) is 0 Å². The van der Waals surface area contributed by atoms with E-state index in [2.05, 4.69) is 4.31 Å². The smallest absolute Gasteiger partial charge is 0.478 e. The van der Waals surface area contributed by atoms with Gasteiger partial charge in [-0.25, -0.2) is 9.13 Å². The zero-order chi connectivity index (χ0) is 26.5. The molecule has 0 bridgehead atoms. The molecule has 1 aromatic rings. The Morgan fingerprint density at radius 2 is 1.06 bits per heavy atom. The Labute approximate surface area is 194 Å².